The minimum absolute atomic E-state index is 0.111. The Hall–Kier alpha value is -4.33. The highest BCUT2D eigenvalue weighted by atomic mass is 16.5. The number of hydrogen-bond donors (Lipinski definition) is 1. The van der Waals surface area contributed by atoms with Crippen LogP contribution in [0, 0.1) is 13.8 Å². The van der Waals surface area contributed by atoms with E-state index in [9.17, 15) is 4.79 Å². The molecule has 4 aromatic rings. The summed E-state index contributed by atoms with van der Waals surface area (Å²) in [6, 6.07) is 15.8. The van der Waals surface area contributed by atoms with E-state index < -0.39 is 0 Å². The first-order valence-corrected chi connectivity index (χ1v) is 11.0. The number of benzene rings is 2. The Balaban J connectivity index is 1.60. The molecule has 0 fully saturated rings. The molecule has 0 radical (unpaired) electrons. The van der Waals surface area contributed by atoms with Gasteiger partial charge in [-0.3, -0.25) is 4.79 Å². The highest BCUT2D eigenvalue weighted by molar-refractivity contribution is 5.95. The molecule has 0 unspecified atom stereocenters. The smallest absolute Gasteiger partial charge is 0.272 e. The quantitative estimate of drug-likeness (QED) is 0.436. The molecule has 1 N–H and O–H groups in total. The van der Waals surface area contributed by atoms with Gasteiger partial charge in [0, 0.05) is 29.0 Å². The lowest BCUT2D eigenvalue weighted by molar-refractivity contribution is -0.116. The third-order valence-corrected chi connectivity index (χ3v) is 5.84. The van der Waals surface area contributed by atoms with Gasteiger partial charge < -0.3 is 10.1 Å². The molecule has 0 saturated carbocycles. The molecule has 0 bridgehead atoms. The molecule has 0 spiro atoms. The second-order valence-electron chi connectivity index (χ2n) is 8.21. The van der Waals surface area contributed by atoms with Gasteiger partial charge in [0.1, 0.15) is 18.2 Å². The maximum absolute atomic E-state index is 12.8. The summed E-state index contributed by atoms with van der Waals surface area (Å²) in [5.41, 5.74) is 5.38. The number of aryl methyl sites for hydroxylation is 2. The maximum atomic E-state index is 12.8. The van der Waals surface area contributed by atoms with Crippen LogP contribution < -0.4 is 10.1 Å². The minimum atomic E-state index is -0.216. The van der Waals surface area contributed by atoms with Crippen LogP contribution in [0.5, 0.6) is 5.75 Å². The Kier molecular flexibility index (Phi) is 5.63. The highest BCUT2D eigenvalue weighted by Crippen LogP contribution is 2.42. The number of amides is 1. The van der Waals surface area contributed by atoms with Crippen LogP contribution in [0.4, 0.5) is 5.82 Å². The van der Waals surface area contributed by atoms with Crippen LogP contribution in [-0.2, 0) is 4.79 Å². The zero-order valence-corrected chi connectivity index (χ0v) is 19.0. The van der Waals surface area contributed by atoms with Gasteiger partial charge in [0.05, 0.1) is 17.6 Å². The van der Waals surface area contributed by atoms with Crippen LogP contribution >= 0.6 is 0 Å². The van der Waals surface area contributed by atoms with Gasteiger partial charge in [0.15, 0.2) is 0 Å². The van der Waals surface area contributed by atoms with E-state index in [1.165, 1.54) is 0 Å². The molecular formula is C26H24N6O2. The average Bonchev–Trinajstić information content (AvgIpc) is 3.19. The van der Waals surface area contributed by atoms with Crippen molar-refractivity contribution in [2.75, 3.05) is 11.9 Å². The van der Waals surface area contributed by atoms with E-state index in [4.69, 9.17) is 9.84 Å². The summed E-state index contributed by atoms with van der Waals surface area (Å²) in [5, 5.41) is 16.0. The molecule has 0 aliphatic carbocycles. The Morgan fingerprint density at radius 1 is 1.18 bits per heavy atom. The highest BCUT2D eigenvalue weighted by Gasteiger charge is 2.34. The van der Waals surface area contributed by atoms with Crippen LogP contribution in [-0.4, -0.2) is 37.5 Å². The van der Waals surface area contributed by atoms with Gasteiger partial charge in [0.2, 0.25) is 5.91 Å². The summed E-state index contributed by atoms with van der Waals surface area (Å²) in [4.78, 5) is 17.5. The van der Waals surface area contributed by atoms with E-state index in [2.05, 4.69) is 27.1 Å². The number of nitrogens with zero attached hydrogens (tertiary/aromatic N) is 5. The lowest BCUT2D eigenvalue weighted by atomic mass is 9.85. The zero-order chi connectivity index (χ0) is 23.7. The van der Waals surface area contributed by atoms with E-state index in [1.54, 1.807) is 17.0 Å². The number of ether oxygens (including phenoxy) is 1. The molecule has 2 aromatic carbocycles. The van der Waals surface area contributed by atoms with E-state index >= 15 is 0 Å². The summed E-state index contributed by atoms with van der Waals surface area (Å²) < 4.78 is 7.44. The largest absolute Gasteiger partial charge is 0.489 e. The van der Waals surface area contributed by atoms with Crippen molar-refractivity contribution in [1.29, 1.82) is 0 Å². The summed E-state index contributed by atoms with van der Waals surface area (Å²) in [6.45, 7) is 8.06. The van der Waals surface area contributed by atoms with Crippen molar-refractivity contribution < 1.29 is 9.53 Å². The average molecular weight is 453 g/mol. The molecule has 170 valence electrons. The first-order valence-electron chi connectivity index (χ1n) is 11.0. The van der Waals surface area contributed by atoms with E-state index in [1.807, 2.05) is 62.4 Å². The monoisotopic (exact) mass is 452 g/mol. The number of nitrogens with one attached hydrogen (secondary N) is 1. The fraction of sp³-hybridized carbons (Fsp3) is 0.192. The van der Waals surface area contributed by atoms with Gasteiger partial charge in [0.25, 0.3) is 5.95 Å². The van der Waals surface area contributed by atoms with Crippen LogP contribution in [0.3, 0.4) is 0 Å². The molecule has 1 aliphatic rings. The second kappa shape index (κ2) is 8.90. The molecular weight excluding hydrogens is 428 g/mol. The molecule has 1 aliphatic heterocycles. The molecule has 0 saturated heterocycles. The third kappa shape index (κ3) is 3.94. The number of carbonyl (C=O) groups is 1. The van der Waals surface area contributed by atoms with Crippen LogP contribution in [0.15, 0.2) is 67.4 Å². The first-order chi connectivity index (χ1) is 16.5. The van der Waals surface area contributed by atoms with E-state index in [-0.39, 0.29) is 18.2 Å². The number of hydrogen-bond acceptors (Lipinski definition) is 6. The standard InChI is InChI=1S/C26H24N6O2/c1-4-13-34-22-8-6-5-7-19(22)20-14-23(33)29-25-24(20)17(3)31-32(25)26-28-21(15-27-30-26)18-11-9-16(2)10-12-18/h4-12,15,20H,1,13-14H2,2-3H3,(H,29,33)/t20-/m0/s1. The maximum Gasteiger partial charge on any atom is 0.272 e. The van der Waals surface area contributed by atoms with Crippen LogP contribution in [0.25, 0.3) is 17.2 Å². The SMILES string of the molecule is C=CCOc1ccccc1[C@@H]1CC(=O)Nc2c1c(C)nn2-c1nncc(-c2ccc(C)cc2)n1. The molecule has 5 rings (SSSR count). The molecule has 8 nitrogen and oxygen atoms in total. The molecule has 1 amide bonds. The Morgan fingerprint density at radius 2 is 1.97 bits per heavy atom. The van der Waals surface area contributed by atoms with Crippen LogP contribution in [0.2, 0.25) is 0 Å². The first kappa shape index (κ1) is 21.5. The number of carbonyl (C=O) groups excluding carboxylic acids is 1. The predicted octanol–water partition coefficient (Wildman–Crippen LogP) is 4.38. The Bertz CT molecular complexity index is 1380. The Labute approximate surface area is 197 Å². The molecule has 2 aromatic heterocycles. The van der Waals surface area contributed by atoms with Crippen molar-refractivity contribution in [1.82, 2.24) is 25.0 Å². The topological polar surface area (TPSA) is 94.8 Å². The number of fused-ring (bicyclic) bond motifs is 1. The van der Waals surface area contributed by atoms with Gasteiger partial charge in [-0.25, -0.2) is 4.98 Å². The fourth-order valence-electron chi connectivity index (χ4n) is 4.25. The molecule has 8 heteroatoms. The molecule has 34 heavy (non-hydrogen) atoms. The summed E-state index contributed by atoms with van der Waals surface area (Å²) in [5.74, 6) is 1.24. The van der Waals surface area contributed by atoms with Crippen molar-refractivity contribution in [2.24, 2.45) is 0 Å². The lowest BCUT2D eigenvalue weighted by Crippen LogP contribution is -2.25. The van der Waals surface area contributed by atoms with Crippen molar-refractivity contribution in [2.45, 2.75) is 26.2 Å². The molecule has 1 atom stereocenters. The lowest BCUT2D eigenvalue weighted by Gasteiger charge is -2.25. The van der Waals surface area contributed by atoms with Crippen molar-refractivity contribution in [3.8, 4) is 23.0 Å². The van der Waals surface area contributed by atoms with Gasteiger partial charge >= 0.3 is 0 Å². The number of anilines is 1. The van der Waals surface area contributed by atoms with Crippen LogP contribution in [0.1, 0.15) is 34.7 Å². The van der Waals surface area contributed by atoms with Crippen molar-refractivity contribution in [3.63, 3.8) is 0 Å². The summed E-state index contributed by atoms with van der Waals surface area (Å²) >= 11 is 0. The van der Waals surface area contributed by atoms with Gasteiger partial charge in [-0.15, -0.1) is 5.10 Å². The van der Waals surface area contributed by atoms with Gasteiger partial charge in [-0.2, -0.15) is 14.9 Å². The third-order valence-electron chi connectivity index (χ3n) is 5.84. The number of aromatic nitrogens is 5. The van der Waals surface area contributed by atoms with Crippen molar-refractivity contribution in [3.05, 3.63) is 89.8 Å². The van der Waals surface area contributed by atoms with Gasteiger partial charge in [-0.1, -0.05) is 60.7 Å². The van der Waals surface area contributed by atoms with E-state index in [0.717, 1.165) is 33.7 Å². The van der Waals surface area contributed by atoms with Crippen molar-refractivity contribution >= 4 is 11.7 Å². The second-order valence-corrected chi connectivity index (χ2v) is 8.21. The van der Waals surface area contributed by atoms with Gasteiger partial charge in [-0.05, 0) is 19.9 Å². The molecule has 3 heterocycles. The number of rotatable bonds is 6. The Morgan fingerprint density at radius 3 is 2.76 bits per heavy atom. The fourth-order valence-corrected chi connectivity index (χ4v) is 4.25. The van der Waals surface area contributed by atoms with E-state index in [0.29, 0.717) is 24.1 Å². The zero-order valence-electron chi connectivity index (χ0n) is 19.0. The predicted molar refractivity (Wildman–Crippen MR) is 129 cm³/mol. The summed E-state index contributed by atoms with van der Waals surface area (Å²) in [6.07, 6.45) is 3.60. The minimum Gasteiger partial charge on any atom is -0.489 e. The normalized spacial score (nSPS) is 14.9. The number of para-hydroxylation sites is 1. The summed E-state index contributed by atoms with van der Waals surface area (Å²) in [7, 11) is 0.